The molecule has 0 aliphatic carbocycles. The number of carboxylic acids is 1. The van der Waals surface area contributed by atoms with Crippen LogP contribution in [0.4, 0.5) is 0 Å². The van der Waals surface area contributed by atoms with Crippen LogP contribution < -0.4 is 10.1 Å². The van der Waals surface area contributed by atoms with Crippen LogP contribution in [-0.2, 0) is 16.0 Å². The minimum atomic E-state index is -1.12. The number of carboxylic acid groups (broad SMARTS) is 1. The van der Waals surface area contributed by atoms with Crippen LogP contribution in [-0.4, -0.2) is 24.1 Å². The molecule has 132 valence electrons. The quantitative estimate of drug-likeness (QED) is 0.791. The van der Waals surface area contributed by atoms with E-state index >= 15 is 0 Å². The average molecular weight is 362 g/mol. The number of ether oxygens (including phenoxy) is 1. The normalized spacial score (nSPS) is 12.9. The average Bonchev–Trinajstić information content (AvgIpc) is 2.61. The van der Waals surface area contributed by atoms with Crippen molar-refractivity contribution >= 4 is 23.5 Å². The highest BCUT2D eigenvalue weighted by molar-refractivity contribution is 6.31. The number of nitrogens with one attached hydrogen (secondary N) is 1. The summed E-state index contributed by atoms with van der Waals surface area (Å²) < 4.78 is 5.06. The van der Waals surface area contributed by atoms with Gasteiger partial charge in [0.2, 0.25) is 5.91 Å². The third-order valence-corrected chi connectivity index (χ3v) is 4.28. The summed E-state index contributed by atoms with van der Waals surface area (Å²) in [5.41, 5.74) is 1.33. The fourth-order valence-corrected chi connectivity index (χ4v) is 2.67. The second kappa shape index (κ2) is 8.53. The Morgan fingerprint density at radius 2 is 1.80 bits per heavy atom. The van der Waals surface area contributed by atoms with Crippen molar-refractivity contribution in [3.8, 4) is 5.75 Å². The maximum atomic E-state index is 12.4. The molecule has 0 spiro atoms. The van der Waals surface area contributed by atoms with Crippen molar-refractivity contribution in [2.24, 2.45) is 5.92 Å². The SMILES string of the molecule is COc1ccc(C(NC(=O)C(C)Cc2ccccc2Cl)C(=O)O)cc1. The maximum Gasteiger partial charge on any atom is 0.330 e. The van der Waals surface area contributed by atoms with E-state index < -0.39 is 17.9 Å². The second-order valence-electron chi connectivity index (χ2n) is 5.75. The molecule has 0 aliphatic rings. The van der Waals surface area contributed by atoms with Gasteiger partial charge in [-0.2, -0.15) is 0 Å². The van der Waals surface area contributed by atoms with Gasteiger partial charge in [0.1, 0.15) is 5.75 Å². The summed E-state index contributed by atoms with van der Waals surface area (Å²) in [7, 11) is 1.53. The molecular weight excluding hydrogens is 342 g/mol. The van der Waals surface area contributed by atoms with Crippen LogP contribution in [0.5, 0.6) is 5.75 Å². The standard InChI is InChI=1S/C19H20ClNO4/c1-12(11-14-5-3-4-6-16(14)20)18(22)21-17(19(23)24)13-7-9-15(25-2)10-8-13/h3-10,12,17H,11H2,1-2H3,(H,21,22)(H,23,24). The van der Waals surface area contributed by atoms with Crippen molar-refractivity contribution < 1.29 is 19.4 Å². The summed E-state index contributed by atoms with van der Waals surface area (Å²) in [6, 6.07) is 12.7. The third kappa shape index (κ3) is 4.97. The Hall–Kier alpha value is -2.53. The van der Waals surface area contributed by atoms with Gasteiger partial charge in [0, 0.05) is 10.9 Å². The molecule has 0 saturated carbocycles. The first-order valence-corrected chi connectivity index (χ1v) is 8.20. The van der Waals surface area contributed by atoms with Crippen molar-refractivity contribution in [1.29, 1.82) is 0 Å². The van der Waals surface area contributed by atoms with E-state index in [1.807, 2.05) is 18.2 Å². The number of carbonyl (C=O) groups excluding carboxylic acids is 1. The molecule has 2 N–H and O–H groups in total. The molecule has 0 heterocycles. The van der Waals surface area contributed by atoms with E-state index in [1.54, 1.807) is 37.3 Å². The predicted octanol–water partition coefficient (Wildman–Crippen LogP) is 3.47. The molecule has 2 unspecified atom stereocenters. The molecule has 0 aliphatic heterocycles. The van der Waals surface area contributed by atoms with Crippen molar-refractivity contribution in [2.45, 2.75) is 19.4 Å². The molecule has 2 atom stereocenters. The van der Waals surface area contributed by atoms with Crippen molar-refractivity contribution in [3.63, 3.8) is 0 Å². The highest BCUT2D eigenvalue weighted by atomic mass is 35.5. The van der Waals surface area contributed by atoms with Gasteiger partial charge >= 0.3 is 5.97 Å². The largest absolute Gasteiger partial charge is 0.497 e. The fourth-order valence-electron chi connectivity index (χ4n) is 2.46. The zero-order valence-electron chi connectivity index (χ0n) is 14.0. The van der Waals surface area contributed by atoms with Crippen LogP contribution in [0, 0.1) is 5.92 Å². The molecule has 25 heavy (non-hydrogen) atoms. The van der Waals surface area contributed by atoms with Crippen LogP contribution in [0.2, 0.25) is 5.02 Å². The fraction of sp³-hybridized carbons (Fsp3) is 0.263. The summed E-state index contributed by atoms with van der Waals surface area (Å²) in [4.78, 5) is 24.0. The second-order valence-corrected chi connectivity index (χ2v) is 6.16. The summed E-state index contributed by atoms with van der Waals surface area (Å²) in [5.74, 6) is -1.27. The van der Waals surface area contributed by atoms with E-state index in [1.165, 1.54) is 7.11 Å². The van der Waals surface area contributed by atoms with Crippen LogP contribution >= 0.6 is 11.6 Å². The highest BCUT2D eigenvalue weighted by Gasteiger charge is 2.25. The molecule has 2 rings (SSSR count). The van der Waals surface area contributed by atoms with Crippen molar-refractivity contribution in [2.75, 3.05) is 7.11 Å². The Bertz CT molecular complexity index is 745. The highest BCUT2D eigenvalue weighted by Crippen LogP contribution is 2.21. The van der Waals surface area contributed by atoms with Gasteiger partial charge in [-0.25, -0.2) is 4.79 Å². The number of benzene rings is 2. The lowest BCUT2D eigenvalue weighted by molar-refractivity contribution is -0.142. The minimum absolute atomic E-state index is 0.344. The molecule has 0 aromatic heterocycles. The van der Waals surface area contributed by atoms with Gasteiger partial charge in [0.05, 0.1) is 7.11 Å². The lowest BCUT2D eigenvalue weighted by Gasteiger charge is -2.19. The van der Waals surface area contributed by atoms with Gasteiger partial charge in [-0.15, -0.1) is 0 Å². The van der Waals surface area contributed by atoms with E-state index in [0.717, 1.165) is 5.56 Å². The number of hydrogen-bond donors (Lipinski definition) is 2. The molecule has 5 nitrogen and oxygen atoms in total. The molecule has 0 bridgehead atoms. The molecule has 0 saturated heterocycles. The lowest BCUT2D eigenvalue weighted by Crippen LogP contribution is -2.37. The molecule has 0 radical (unpaired) electrons. The number of rotatable bonds is 7. The van der Waals surface area contributed by atoms with Crippen LogP contribution in [0.3, 0.4) is 0 Å². The third-order valence-electron chi connectivity index (χ3n) is 3.91. The minimum Gasteiger partial charge on any atom is -0.497 e. The number of methoxy groups -OCH3 is 1. The summed E-state index contributed by atoms with van der Waals surface area (Å²) in [5, 5.41) is 12.6. The Morgan fingerprint density at radius 1 is 1.16 bits per heavy atom. The van der Waals surface area contributed by atoms with Gasteiger partial charge in [-0.3, -0.25) is 4.79 Å². The Balaban J connectivity index is 2.09. The van der Waals surface area contributed by atoms with Gasteiger partial charge < -0.3 is 15.2 Å². The Morgan fingerprint density at radius 3 is 2.36 bits per heavy atom. The van der Waals surface area contributed by atoms with E-state index in [0.29, 0.717) is 22.8 Å². The first-order chi connectivity index (χ1) is 11.9. The monoisotopic (exact) mass is 361 g/mol. The van der Waals surface area contributed by atoms with E-state index in [9.17, 15) is 14.7 Å². The summed E-state index contributed by atoms with van der Waals surface area (Å²) in [6.07, 6.45) is 0.431. The number of aliphatic carboxylic acids is 1. The predicted molar refractivity (Wildman–Crippen MR) is 95.8 cm³/mol. The van der Waals surface area contributed by atoms with Crippen molar-refractivity contribution in [3.05, 3.63) is 64.7 Å². The van der Waals surface area contributed by atoms with Gasteiger partial charge in [0.25, 0.3) is 0 Å². The molecule has 2 aromatic carbocycles. The van der Waals surface area contributed by atoms with E-state index in [4.69, 9.17) is 16.3 Å². The first-order valence-electron chi connectivity index (χ1n) is 7.83. The molecule has 0 fully saturated rings. The van der Waals surface area contributed by atoms with Crippen LogP contribution in [0.15, 0.2) is 48.5 Å². The maximum absolute atomic E-state index is 12.4. The molecule has 1 amide bonds. The van der Waals surface area contributed by atoms with E-state index in [2.05, 4.69) is 5.32 Å². The number of amides is 1. The van der Waals surface area contributed by atoms with Crippen LogP contribution in [0.25, 0.3) is 0 Å². The van der Waals surface area contributed by atoms with Gasteiger partial charge in [0.15, 0.2) is 6.04 Å². The smallest absolute Gasteiger partial charge is 0.330 e. The summed E-state index contributed by atoms with van der Waals surface area (Å²) in [6.45, 7) is 1.74. The molecule has 6 heteroatoms. The summed E-state index contributed by atoms with van der Waals surface area (Å²) >= 11 is 6.12. The van der Waals surface area contributed by atoms with E-state index in [-0.39, 0.29) is 5.91 Å². The zero-order chi connectivity index (χ0) is 18.4. The topological polar surface area (TPSA) is 75.6 Å². The Labute approximate surface area is 151 Å². The molecular formula is C19H20ClNO4. The number of halogens is 1. The van der Waals surface area contributed by atoms with Crippen LogP contribution in [0.1, 0.15) is 24.1 Å². The number of carbonyl (C=O) groups is 2. The first kappa shape index (κ1) is 18.8. The number of hydrogen-bond acceptors (Lipinski definition) is 3. The lowest BCUT2D eigenvalue weighted by atomic mass is 9.99. The zero-order valence-corrected chi connectivity index (χ0v) is 14.8. The van der Waals surface area contributed by atoms with Gasteiger partial charge in [-0.1, -0.05) is 48.9 Å². The molecule has 2 aromatic rings. The van der Waals surface area contributed by atoms with Crippen molar-refractivity contribution in [1.82, 2.24) is 5.32 Å². The Kier molecular flexibility index (Phi) is 6.42. The van der Waals surface area contributed by atoms with Gasteiger partial charge in [-0.05, 0) is 35.7 Å².